The van der Waals surface area contributed by atoms with Crippen molar-refractivity contribution in [3.8, 4) is 5.75 Å². The van der Waals surface area contributed by atoms with Gasteiger partial charge in [-0.3, -0.25) is 9.59 Å². The lowest BCUT2D eigenvalue weighted by atomic mass is 10.1. The number of carbonyl (C=O) groups is 2. The Labute approximate surface area is 300 Å². The van der Waals surface area contributed by atoms with E-state index >= 15 is 0 Å². The number of pyridine rings is 1. The quantitative estimate of drug-likeness (QED) is 0.111. The minimum Gasteiger partial charge on any atom is -0.487 e. The van der Waals surface area contributed by atoms with E-state index in [1.165, 1.54) is 22.5 Å². The maximum atomic E-state index is 14.1. The fourth-order valence-corrected chi connectivity index (χ4v) is 9.04. The lowest BCUT2D eigenvalue weighted by Gasteiger charge is -2.37. The van der Waals surface area contributed by atoms with Gasteiger partial charge >= 0.3 is 0 Å². The van der Waals surface area contributed by atoms with Crippen molar-refractivity contribution in [1.82, 2.24) is 19.1 Å². The molecule has 15 heteroatoms. The minimum absolute atomic E-state index is 0.0700. The molecule has 2 aliphatic rings. The summed E-state index contributed by atoms with van der Waals surface area (Å²) in [6.45, 7) is 4.94. The molecule has 1 aromatic heterocycles. The fraction of sp³-hybridized carbons (Fsp3) is 0.314. The smallest absolute Gasteiger partial charge is 0.253 e. The third-order valence-corrected chi connectivity index (χ3v) is 12.0. The standard InChI is InChI=1S/C35H36Cl2N6O6S/c1-21-18-22(2)39-32-25(21)8-4-10-29(32)49-20-26-27(36)11-12-30(31(26)37)50(47,48)43-13-5-9-28(43)35(45)42-16-14-41(15-17-42)34(44)24-7-3-6-23(19-24)33(38)40-46/h3-4,6-8,10-12,18-19,28,46H,5,9,13-17,20H2,1-2H3,(H2,38,40). The molecule has 0 spiro atoms. The van der Waals surface area contributed by atoms with Gasteiger partial charge in [-0.2, -0.15) is 4.31 Å². The predicted molar refractivity (Wildman–Crippen MR) is 190 cm³/mol. The molecule has 12 nitrogen and oxygen atoms in total. The Balaban J connectivity index is 1.16. The average Bonchev–Trinajstić information content (AvgIpc) is 3.62. The molecular weight excluding hydrogens is 703 g/mol. The number of amides is 2. The summed E-state index contributed by atoms with van der Waals surface area (Å²) in [6.07, 6.45) is 0.852. The molecule has 50 heavy (non-hydrogen) atoms. The van der Waals surface area contributed by atoms with Crippen LogP contribution in [0.5, 0.6) is 5.75 Å². The van der Waals surface area contributed by atoms with Gasteiger partial charge < -0.3 is 25.5 Å². The first-order chi connectivity index (χ1) is 23.9. The zero-order chi connectivity index (χ0) is 35.7. The van der Waals surface area contributed by atoms with Gasteiger partial charge in [0.05, 0.1) is 5.02 Å². The molecule has 1 unspecified atom stereocenters. The highest BCUT2D eigenvalue weighted by Gasteiger charge is 2.43. The number of aromatic nitrogens is 1. The van der Waals surface area contributed by atoms with Gasteiger partial charge in [0.15, 0.2) is 5.84 Å². The normalized spacial score (nSPS) is 17.4. The number of fused-ring (bicyclic) bond motifs is 1. The Morgan fingerprint density at radius 1 is 0.980 bits per heavy atom. The largest absolute Gasteiger partial charge is 0.487 e. The summed E-state index contributed by atoms with van der Waals surface area (Å²) in [7, 11) is -4.22. The summed E-state index contributed by atoms with van der Waals surface area (Å²) in [5.74, 6) is -0.182. The fourth-order valence-electron chi connectivity index (χ4n) is 6.52. The van der Waals surface area contributed by atoms with Gasteiger partial charge in [-0.05, 0) is 68.7 Å². The Kier molecular flexibility index (Phi) is 10.2. The summed E-state index contributed by atoms with van der Waals surface area (Å²) in [4.78, 5) is 34.7. The number of carbonyl (C=O) groups excluding carboxylic acids is 2. The number of nitrogens with zero attached hydrogens (tertiary/aromatic N) is 5. The van der Waals surface area contributed by atoms with Gasteiger partial charge in [0.25, 0.3) is 5.91 Å². The number of hydrogen-bond donors (Lipinski definition) is 2. The van der Waals surface area contributed by atoms with Gasteiger partial charge in [0, 0.05) is 65.5 Å². The number of amidine groups is 1. The molecule has 0 bridgehead atoms. The van der Waals surface area contributed by atoms with Crippen LogP contribution >= 0.6 is 23.2 Å². The topological polar surface area (TPSA) is 159 Å². The highest BCUT2D eigenvalue weighted by atomic mass is 35.5. The zero-order valence-corrected chi connectivity index (χ0v) is 29.8. The number of nitrogens with two attached hydrogens (primary N) is 1. The second kappa shape index (κ2) is 14.4. The summed E-state index contributed by atoms with van der Waals surface area (Å²) >= 11 is 13.3. The number of rotatable bonds is 8. The van der Waals surface area contributed by atoms with Crippen molar-refractivity contribution in [2.24, 2.45) is 10.9 Å². The predicted octanol–water partition coefficient (Wildman–Crippen LogP) is 4.97. The maximum absolute atomic E-state index is 14.1. The van der Waals surface area contributed by atoms with E-state index < -0.39 is 16.1 Å². The van der Waals surface area contributed by atoms with Gasteiger partial charge in [-0.25, -0.2) is 13.4 Å². The molecule has 1 atom stereocenters. The Hall–Kier alpha value is -4.43. The second-order valence-corrected chi connectivity index (χ2v) is 15.0. The van der Waals surface area contributed by atoms with Crippen LogP contribution in [-0.2, 0) is 21.4 Å². The van der Waals surface area contributed by atoms with Crippen LogP contribution < -0.4 is 10.5 Å². The Morgan fingerprint density at radius 3 is 2.42 bits per heavy atom. The molecule has 262 valence electrons. The van der Waals surface area contributed by atoms with Gasteiger partial charge in [0.1, 0.15) is 28.8 Å². The van der Waals surface area contributed by atoms with Crippen LogP contribution in [0.3, 0.4) is 0 Å². The van der Waals surface area contributed by atoms with E-state index in [1.54, 1.807) is 34.1 Å². The first kappa shape index (κ1) is 35.4. The van der Waals surface area contributed by atoms with Crippen molar-refractivity contribution >= 4 is 61.8 Å². The number of oxime groups is 1. The Bertz CT molecular complexity index is 2120. The number of piperazine rings is 1. The van der Waals surface area contributed by atoms with Crippen LogP contribution in [0.2, 0.25) is 10.0 Å². The van der Waals surface area contributed by atoms with Gasteiger partial charge in [0.2, 0.25) is 15.9 Å². The maximum Gasteiger partial charge on any atom is 0.253 e. The van der Waals surface area contributed by atoms with Crippen LogP contribution in [0.1, 0.15) is 45.6 Å². The second-order valence-electron chi connectivity index (χ2n) is 12.3. The number of ether oxygens (including phenoxy) is 1. The average molecular weight is 740 g/mol. The van der Waals surface area contributed by atoms with E-state index in [9.17, 15) is 18.0 Å². The van der Waals surface area contributed by atoms with E-state index in [-0.39, 0.29) is 71.9 Å². The van der Waals surface area contributed by atoms with Crippen LogP contribution in [0.15, 0.2) is 70.7 Å². The van der Waals surface area contributed by atoms with Crippen molar-refractivity contribution in [2.45, 2.75) is 44.2 Å². The van der Waals surface area contributed by atoms with Crippen molar-refractivity contribution < 1.29 is 28.0 Å². The van der Waals surface area contributed by atoms with Crippen molar-refractivity contribution in [3.05, 3.63) is 98.7 Å². The lowest BCUT2D eigenvalue weighted by molar-refractivity contribution is -0.136. The molecule has 3 N–H and O–H groups in total. The third kappa shape index (κ3) is 6.82. The van der Waals surface area contributed by atoms with Gasteiger partial charge in [-0.15, -0.1) is 0 Å². The number of hydrogen-bond acceptors (Lipinski definition) is 8. The first-order valence-corrected chi connectivity index (χ1v) is 18.2. The zero-order valence-electron chi connectivity index (χ0n) is 27.5. The van der Waals surface area contributed by atoms with E-state index in [4.69, 9.17) is 38.9 Å². The molecule has 2 amide bonds. The molecule has 6 rings (SSSR count). The number of aryl methyl sites for hydroxylation is 2. The van der Waals surface area contributed by atoms with E-state index in [2.05, 4.69) is 10.1 Å². The minimum atomic E-state index is -4.22. The number of halogens is 2. The van der Waals surface area contributed by atoms with Crippen LogP contribution in [-0.4, -0.2) is 89.1 Å². The molecule has 3 heterocycles. The molecule has 0 saturated carbocycles. The summed E-state index contributed by atoms with van der Waals surface area (Å²) in [6, 6.07) is 15.9. The molecule has 3 aromatic carbocycles. The highest BCUT2D eigenvalue weighted by molar-refractivity contribution is 7.89. The van der Waals surface area contributed by atoms with Gasteiger partial charge in [-0.1, -0.05) is 52.6 Å². The molecular formula is C35H36Cl2N6O6S. The molecule has 2 saturated heterocycles. The third-order valence-electron chi connectivity index (χ3n) is 9.13. The monoisotopic (exact) mass is 738 g/mol. The molecule has 2 aliphatic heterocycles. The summed E-state index contributed by atoms with van der Waals surface area (Å²) < 4.78 is 35.6. The first-order valence-electron chi connectivity index (χ1n) is 16.0. The highest BCUT2D eigenvalue weighted by Crippen LogP contribution is 2.37. The van der Waals surface area contributed by atoms with Crippen LogP contribution in [0, 0.1) is 13.8 Å². The lowest BCUT2D eigenvalue weighted by Crippen LogP contribution is -2.55. The van der Waals surface area contributed by atoms with Crippen molar-refractivity contribution in [3.63, 3.8) is 0 Å². The number of benzene rings is 3. The van der Waals surface area contributed by atoms with Crippen LogP contribution in [0.4, 0.5) is 0 Å². The van der Waals surface area contributed by atoms with Crippen molar-refractivity contribution in [2.75, 3.05) is 32.7 Å². The Morgan fingerprint density at radius 2 is 1.68 bits per heavy atom. The molecule has 4 aromatic rings. The van der Waals surface area contributed by atoms with Crippen LogP contribution in [0.25, 0.3) is 10.9 Å². The number of para-hydroxylation sites is 1. The number of sulfonamides is 1. The summed E-state index contributed by atoms with van der Waals surface area (Å²) in [5, 5.41) is 13.1. The molecule has 0 aliphatic carbocycles. The van der Waals surface area contributed by atoms with E-state index in [0.29, 0.717) is 40.8 Å². The SMILES string of the molecule is Cc1cc(C)c2cccc(OCc3c(Cl)ccc(S(=O)(=O)N4CCCC4C(=O)N4CCN(C(=O)c5cccc(/C(N)=N\O)c5)CC4)c3Cl)c2n1. The molecule has 2 fully saturated rings. The van der Waals surface area contributed by atoms with Crippen molar-refractivity contribution in [1.29, 1.82) is 0 Å². The van der Waals surface area contributed by atoms with E-state index in [0.717, 1.165) is 16.6 Å². The summed E-state index contributed by atoms with van der Waals surface area (Å²) in [5.41, 5.74) is 9.31. The molecule has 0 radical (unpaired) electrons. The van der Waals surface area contributed by atoms with E-state index in [1.807, 2.05) is 32.0 Å².